The van der Waals surface area contributed by atoms with Crippen molar-refractivity contribution in [2.24, 2.45) is 0 Å². The van der Waals surface area contributed by atoms with Crippen LogP contribution >= 0.6 is 0 Å². The standard InChI is InChI=1S/C11H15O.W/c1-7-6-11(12-5)10(4)9(3)8(7)2;/h1-5H3;/q-1;. The fraction of sp³-hybridized carbons (Fsp3) is 0.455. The molecule has 1 rings (SSSR count). The van der Waals surface area contributed by atoms with Crippen LogP contribution in [0.4, 0.5) is 0 Å². The van der Waals surface area contributed by atoms with E-state index in [0.29, 0.717) is 0 Å². The Morgan fingerprint density at radius 1 is 0.923 bits per heavy atom. The van der Waals surface area contributed by atoms with E-state index >= 15 is 0 Å². The summed E-state index contributed by atoms with van der Waals surface area (Å²) in [7, 11) is 1.69. The fourth-order valence-corrected chi connectivity index (χ4v) is 1.29. The molecule has 0 aliphatic heterocycles. The number of benzene rings is 1. The average molecular weight is 347 g/mol. The molecule has 0 saturated heterocycles. The van der Waals surface area contributed by atoms with Gasteiger partial charge in [0.1, 0.15) is 0 Å². The summed E-state index contributed by atoms with van der Waals surface area (Å²) in [6.07, 6.45) is 0. The molecule has 0 spiro atoms. The van der Waals surface area contributed by atoms with E-state index in [-0.39, 0.29) is 21.1 Å². The number of hydrogen-bond donors (Lipinski definition) is 0. The summed E-state index contributed by atoms with van der Waals surface area (Å²) in [4.78, 5) is 0. The molecule has 0 atom stereocenters. The minimum atomic E-state index is 0. The van der Waals surface area contributed by atoms with Gasteiger partial charge in [-0.05, 0) is 0 Å². The van der Waals surface area contributed by atoms with Gasteiger partial charge in [-0.2, -0.15) is 16.7 Å². The van der Waals surface area contributed by atoms with Crippen LogP contribution in [0, 0.1) is 33.8 Å². The van der Waals surface area contributed by atoms with Crippen LogP contribution in [-0.2, 0) is 21.1 Å². The zero-order valence-corrected chi connectivity index (χ0v) is 11.7. The van der Waals surface area contributed by atoms with Gasteiger partial charge in [-0.15, -0.1) is 11.6 Å². The maximum Gasteiger partial charge on any atom is 0.0743 e. The first-order chi connectivity index (χ1) is 5.57. The SMILES string of the molecule is COc1[c-]c(C)c(C)c(C)c1C.[W]. The van der Waals surface area contributed by atoms with Gasteiger partial charge >= 0.3 is 0 Å². The minimum absolute atomic E-state index is 0. The second-order valence-electron chi connectivity index (χ2n) is 3.16. The Hall–Kier alpha value is -0.292. The molecule has 1 aromatic carbocycles. The molecular formula is C11H15OW-. The molecule has 0 unspecified atom stereocenters. The Kier molecular flexibility index (Phi) is 4.70. The maximum absolute atomic E-state index is 5.21. The van der Waals surface area contributed by atoms with E-state index in [2.05, 4.69) is 33.8 Å². The third kappa shape index (κ3) is 2.34. The first-order valence-corrected chi connectivity index (χ1v) is 4.11. The zero-order chi connectivity index (χ0) is 9.30. The van der Waals surface area contributed by atoms with Crippen molar-refractivity contribution in [3.8, 4) is 5.75 Å². The smallest absolute Gasteiger partial charge is 0.0743 e. The number of hydrogen-bond acceptors (Lipinski definition) is 1. The zero-order valence-electron chi connectivity index (χ0n) is 8.82. The van der Waals surface area contributed by atoms with Gasteiger partial charge < -0.3 is 4.74 Å². The van der Waals surface area contributed by atoms with Crippen molar-refractivity contribution < 1.29 is 25.8 Å². The number of methoxy groups -OCH3 is 1. The first-order valence-electron chi connectivity index (χ1n) is 4.11. The normalized spacial score (nSPS) is 9.31. The van der Waals surface area contributed by atoms with E-state index in [1.807, 2.05) is 0 Å². The van der Waals surface area contributed by atoms with Gasteiger partial charge in [0.05, 0.1) is 7.11 Å². The van der Waals surface area contributed by atoms with Gasteiger partial charge in [-0.3, -0.25) is 0 Å². The Morgan fingerprint density at radius 2 is 1.46 bits per heavy atom. The van der Waals surface area contributed by atoms with Crippen molar-refractivity contribution in [1.29, 1.82) is 0 Å². The fourth-order valence-electron chi connectivity index (χ4n) is 1.29. The van der Waals surface area contributed by atoms with Crippen LogP contribution in [0.25, 0.3) is 0 Å². The van der Waals surface area contributed by atoms with Gasteiger partial charge in [-0.25, -0.2) is 0 Å². The van der Waals surface area contributed by atoms with Gasteiger partial charge in [0.2, 0.25) is 0 Å². The molecule has 0 aliphatic carbocycles. The van der Waals surface area contributed by atoms with Gasteiger partial charge in [0.25, 0.3) is 0 Å². The number of ether oxygens (including phenoxy) is 1. The molecule has 0 radical (unpaired) electrons. The van der Waals surface area contributed by atoms with Gasteiger partial charge in [0, 0.05) is 26.8 Å². The molecular weight excluding hydrogens is 332 g/mol. The Morgan fingerprint density at radius 3 is 1.92 bits per heavy atom. The van der Waals surface area contributed by atoms with E-state index in [9.17, 15) is 0 Å². The topological polar surface area (TPSA) is 9.23 Å². The van der Waals surface area contributed by atoms with Crippen LogP contribution in [0.5, 0.6) is 5.75 Å². The molecule has 0 N–H and O–H groups in total. The predicted molar refractivity (Wildman–Crippen MR) is 50.8 cm³/mol. The monoisotopic (exact) mass is 347 g/mol. The maximum atomic E-state index is 5.21. The molecule has 0 aliphatic rings. The summed E-state index contributed by atoms with van der Waals surface area (Å²) in [6.45, 7) is 8.36. The second kappa shape index (κ2) is 4.81. The molecule has 1 aromatic rings. The third-order valence-electron chi connectivity index (χ3n) is 2.53. The molecule has 1 nitrogen and oxygen atoms in total. The van der Waals surface area contributed by atoms with Crippen molar-refractivity contribution in [2.75, 3.05) is 7.11 Å². The molecule has 0 heterocycles. The summed E-state index contributed by atoms with van der Waals surface area (Å²) in [5.41, 5.74) is 4.99. The Bertz CT molecular complexity index is 305. The Labute approximate surface area is 94.8 Å². The largest absolute Gasteiger partial charge is 0.522 e. The van der Waals surface area contributed by atoms with Gasteiger partial charge in [-0.1, -0.05) is 27.7 Å². The van der Waals surface area contributed by atoms with Crippen molar-refractivity contribution >= 4 is 0 Å². The van der Waals surface area contributed by atoms with E-state index in [4.69, 9.17) is 4.74 Å². The molecule has 0 bridgehead atoms. The van der Waals surface area contributed by atoms with E-state index in [0.717, 1.165) is 5.75 Å². The predicted octanol–water partition coefficient (Wildman–Crippen LogP) is 2.73. The van der Waals surface area contributed by atoms with Crippen LogP contribution in [0.15, 0.2) is 0 Å². The van der Waals surface area contributed by atoms with Crippen molar-refractivity contribution in [3.05, 3.63) is 28.3 Å². The van der Waals surface area contributed by atoms with E-state index in [1.165, 1.54) is 22.3 Å². The van der Waals surface area contributed by atoms with Crippen LogP contribution in [-0.4, -0.2) is 7.11 Å². The molecule has 0 fully saturated rings. The minimum Gasteiger partial charge on any atom is -0.522 e. The Balaban J connectivity index is 0.00000144. The summed E-state index contributed by atoms with van der Waals surface area (Å²) in [6, 6.07) is 3.21. The molecule has 2 heteroatoms. The van der Waals surface area contributed by atoms with Gasteiger partial charge in [0.15, 0.2) is 0 Å². The molecule has 0 amide bonds. The number of aryl methyl sites for hydroxylation is 1. The number of rotatable bonds is 1. The molecule has 0 saturated carbocycles. The van der Waals surface area contributed by atoms with Crippen molar-refractivity contribution in [2.45, 2.75) is 27.7 Å². The van der Waals surface area contributed by atoms with E-state index < -0.39 is 0 Å². The van der Waals surface area contributed by atoms with Crippen molar-refractivity contribution in [1.82, 2.24) is 0 Å². The molecule has 13 heavy (non-hydrogen) atoms. The van der Waals surface area contributed by atoms with Crippen LogP contribution in [0.3, 0.4) is 0 Å². The third-order valence-corrected chi connectivity index (χ3v) is 2.53. The van der Waals surface area contributed by atoms with E-state index in [1.54, 1.807) is 7.11 Å². The summed E-state index contributed by atoms with van der Waals surface area (Å²) in [5.74, 6) is 0.871. The molecule has 72 valence electrons. The first kappa shape index (κ1) is 12.7. The summed E-state index contributed by atoms with van der Waals surface area (Å²) < 4.78 is 5.21. The summed E-state index contributed by atoms with van der Waals surface area (Å²) in [5, 5.41) is 0. The van der Waals surface area contributed by atoms with Crippen LogP contribution in [0.2, 0.25) is 0 Å². The van der Waals surface area contributed by atoms with Crippen LogP contribution in [0.1, 0.15) is 22.3 Å². The van der Waals surface area contributed by atoms with Crippen LogP contribution < -0.4 is 4.74 Å². The second-order valence-corrected chi connectivity index (χ2v) is 3.16. The van der Waals surface area contributed by atoms with Crippen molar-refractivity contribution in [3.63, 3.8) is 0 Å². The average Bonchev–Trinajstić information content (AvgIpc) is 2.08. The summed E-state index contributed by atoms with van der Waals surface area (Å²) >= 11 is 0. The molecule has 0 aromatic heterocycles. The quantitative estimate of drug-likeness (QED) is 0.710.